The van der Waals surface area contributed by atoms with Crippen molar-refractivity contribution in [3.63, 3.8) is 0 Å². The average molecular weight is 253 g/mol. The number of nitrogens with one attached hydrogen (secondary N) is 2. The monoisotopic (exact) mass is 253 g/mol. The molecule has 100 valence electrons. The smallest absolute Gasteiger partial charge is 0.301 e. The molecule has 1 aliphatic rings. The maximum Gasteiger partial charge on any atom is 0.301 e. The van der Waals surface area contributed by atoms with Crippen LogP contribution in [0.1, 0.15) is 18.5 Å². The lowest BCUT2D eigenvalue weighted by Gasteiger charge is -2.34. The summed E-state index contributed by atoms with van der Waals surface area (Å²) in [7, 11) is 1.62. The van der Waals surface area contributed by atoms with Gasteiger partial charge in [0.15, 0.2) is 0 Å². The van der Waals surface area contributed by atoms with Crippen molar-refractivity contribution < 1.29 is 13.9 Å². The van der Waals surface area contributed by atoms with E-state index in [-0.39, 0.29) is 11.9 Å². The molecule has 0 unspecified atom stereocenters. The van der Waals surface area contributed by atoms with Gasteiger partial charge in [0.25, 0.3) is 0 Å². The summed E-state index contributed by atoms with van der Waals surface area (Å²) in [4.78, 5) is 16.5. The molecule has 6 heteroatoms. The molecule has 2 rings (SSSR count). The molecule has 1 aliphatic heterocycles. The van der Waals surface area contributed by atoms with Gasteiger partial charge in [0.2, 0.25) is 5.91 Å². The third-order valence-electron chi connectivity index (χ3n) is 3.30. The van der Waals surface area contributed by atoms with Crippen LogP contribution in [0.3, 0.4) is 0 Å². The quantitative estimate of drug-likeness (QED) is 0.835. The minimum atomic E-state index is -0.484. The first kappa shape index (κ1) is 13.0. The van der Waals surface area contributed by atoms with Crippen molar-refractivity contribution in [2.24, 2.45) is 5.41 Å². The molecule has 0 aromatic carbocycles. The number of piperidine rings is 1. The third kappa shape index (κ3) is 2.70. The Bertz CT molecular complexity index is 405. The summed E-state index contributed by atoms with van der Waals surface area (Å²) >= 11 is 0. The second-order valence-corrected chi connectivity index (χ2v) is 4.71. The molecule has 1 fully saturated rings. The van der Waals surface area contributed by atoms with Gasteiger partial charge in [-0.1, -0.05) is 0 Å². The largest absolute Gasteiger partial charge is 0.432 e. The standard InChI is InChI=1S/C12H19N3O3/c1-9-7-18-11(14-9)15-10(16)12(8-17-2)3-5-13-6-4-12/h7,13H,3-6,8H2,1-2H3,(H,14,15,16). The maximum absolute atomic E-state index is 12.4. The molecule has 1 amide bonds. The van der Waals surface area contributed by atoms with Crippen molar-refractivity contribution in [3.05, 3.63) is 12.0 Å². The van der Waals surface area contributed by atoms with Crippen LogP contribution >= 0.6 is 0 Å². The lowest BCUT2D eigenvalue weighted by molar-refractivity contribution is -0.130. The fourth-order valence-corrected chi connectivity index (χ4v) is 2.26. The molecule has 1 aromatic rings. The molecule has 0 spiro atoms. The number of anilines is 1. The first-order valence-corrected chi connectivity index (χ1v) is 6.09. The van der Waals surface area contributed by atoms with Crippen molar-refractivity contribution in [2.75, 3.05) is 32.1 Å². The third-order valence-corrected chi connectivity index (χ3v) is 3.30. The number of ether oxygens (including phenoxy) is 1. The predicted octanol–water partition coefficient (Wildman–Crippen LogP) is 0.938. The van der Waals surface area contributed by atoms with Gasteiger partial charge in [-0.3, -0.25) is 10.1 Å². The van der Waals surface area contributed by atoms with Crippen LogP contribution in [0.4, 0.5) is 6.01 Å². The van der Waals surface area contributed by atoms with Crippen molar-refractivity contribution in [1.82, 2.24) is 10.3 Å². The van der Waals surface area contributed by atoms with E-state index in [1.807, 2.05) is 6.92 Å². The van der Waals surface area contributed by atoms with Crippen molar-refractivity contribution in [3.8, 4) is 0 Å². The maximum atomic E-state index is 12.4. The number of amides is 1. The molecule has 6 nitrogen and oxygen atoms in total. The molecule has 2 heterocycles. The molecule has 0 aliphatic carbocycles. The van der Waals surface area contributed by atoms with E-state index >= 15 is 0 Å². The van der Waals surface area contributed by atoms with Crippen LogP contribution < -0.4 is 10.6 Å². The number of carbonyl (C=O) groups is 1. The van der Waals surface area contributed by atoms with Crippen LogP contribution in [0.25, 0.3) is 0 Å². The molecule has 0 radical (unpaired) electrons. The van der Waals surface area contributed by atoms with E-state index in [0.29, 0.717) is 6.61 Å². The summed E-state index contributed by atoms with van der Waals surface area (Å²) in [6.45, 7) is 3.87. The van der Waals surface area contributed by atoms with Crippen LogP contribution in [-0.4, -0.2) is 37.7 Å². The van der Waals surface area contributed by atoms with Gasteiger partial charge in [-0.2, -0.15) is 4.98 Å². The number of aryl methyl sites for hydroxylation is 1. The Balaban J connectivity index is 2.08. The fourth-order valence-electron chi connectivity index (χ4n) is 2.26. The zero-order valence-electron chi connectivity index (χ0n) is 10.8. The normalized spacial score (nSPS) is 18.6. The molecule has 18 heavy (non-hydrogen) atoms. The van der Waals surface area contributed by atoms with Crippen LogP contribution in [0, 0.1) is 12.3 Å². The molecule has 0 bridgehead atoms. The van der Waals surface area contributed by atoms with E-state index < -0.39 is 5.41 Å². The van der Waals surface area contributed by atoms with E-state index in [4.69, 9.17) is 9.15 Å². The zero-order valence-corrected chi connectivity index (χ0v) is 10.8. The number of oxazole rings is 1. The molecule has 0 saturated carbocycles. The predicted molar refractivity (Wildman–Crippen MR) is 66.3 cm³/mol. The van der Waals surface area contributed by atoms with Crippen molar-refractivity contribution >= 4 is 11.9 Å². The Labute approximate surface area is 106 Å². The molecular formula is C12H19N3O3. The lowest BCUT2D eigenvalue weighted by Crippen LogP contribution is -2.47. The highest BCUT2D eigenvalue weighted by Gasteiger charge is 2.40. The van der Waals surface area contributed by atoms with Gasteiger partial charge >= 0.3 is 6.01 Å². The number of aromatic nitrogens is 1. The highest BCUT2D eigenvalue weighted by molar-refractivity contribution is 5.93. The van der Waals surface area contributed by atoms with E-state index in [1.165, 1.54) is 6.26 Å². The Morgan fingerprint density at radius 1 is 1.61 bits per heavy atom. The summed E-state index contributed by atoms with van der Waals surface area (Å²) in [5, 5.41) is 5.98. The van der Waals surface area contributed by atoms with Gasteiger partial charge < -0.3 is 14.5 Å². The lowest BCUT2D eigenvalue weighted by atomic mass is 9.79. The SMILES string of the molecule is COCC1(C(=O)Nc2nc(C)co2)CCNCC1. The molecule has 1 aromatic heterocycles. The second kappa shape index (κ2) is 5.49. The van der Waals surface area contributed by atoms with Gasteiger partial charge in [-0.15, -0.1) is 0 Å². The Hall–Kier alpha value is -1.40. The Kier molecular flexibility index (Phi) is 3.98. The highest BCUT2D eigenvalue weighted by atomic mass is 16.5. The number of nitrogens with zero attached hydrogens (tertiary/aromatic N) is 1. The first-order valence-electron chi connectivity index (χ1n) is 6.09. The number of rotatable bonds is 4. The summed E-state index contributed by atoms with van der Waals surface area (Å²) < 4.78 is 10.4. The number of carbonyl (C=O) groups excluding carboxylic acids is 1. The molecule has 2 N–H and O–H groups in total. The summed E-state index contributed by atoms with van der Waals surface area (Å²) in [5.41, 5.74) is 0.263. The van der Waals surface area contributed by atoms with Gasteiger partial charge in [0.05, 0.1) is 17.7 Å². The van der Waals surface area contributed by atoms with Crippen molar-refractivity contribution in [1.29, 1.82) is 0 Å². The second-order valence-electron chi connectivity index (χ2n) is 4.71. The van der Waals surface area contributed by atoms with Crippen LogP contribution in [-0.2, 0) is 9.53 Å². The van der Waals surface area contributed by atoms with Crippen LogP contribution in [0.5, 0.6) is 0 Å². The molecular weight excluding hydrogens is 234 g/mol. The van der Waals surface area contributed by atoms with Crippen LogP contribution in [0.15, 0.2) is 10.7 Å². The number of hydrogen-bond donors (Lipinski definition) is 2. The van der Waals surface area contributed by atoms with E-state index in [2.05, 4.69) is 15.6 Å². The summed E-state index contributed by atoms with van der Waals surface area (Å²) in [6, 6.07) is 0.256. The minimum Gasteiger partial charge on any atom is -0.432 e. The first-order chi connectivity index (χ1) is 8.66. The van der Waals surface area contributed by atoms with Crippen molar-refractivity contribution in [2.45, 2.75) is 19.8 Å². The fraction of sp³-hybridized carbons (Fsp3) is 0.667. The highest BCUT2D eigenvalue weighted by Crippen LogP contribution is 2.30. The molecule has 0 atom stereocenters. The van der Waals surface area contributed by atoms with Gasteiger partial charge in [-0.05, 0) is 32.9 Å². The van der Waals surface area contributed by atoms with E-state index in [0.717, 1.165) is 31.6 Å². The van der Waals surface area contributed by atoms with Crippen LogP contribution in [0.2, 0.25) is 0 Å². The minimum absolute atomic E-state index is 0.0762. The Morgan fingerprint density at radius 3 is 2.89 bits per heavy atom. The topological polar surface area (TPSA) is 76.4 Å². The molecule has 1 saturated heterocycles. The Morgan fingerprint density at radius 2 is 2.33 bits per heavy atom. The van der Waals surface area contributed by atoms with Gasteiger partial charge in [0.1, 0.15) is 6.26 Å². The summed E-state index contributed by atoms with van der Waals surface area (Å²) in [5.74, 6) is -0.0762. The van der Waals surface area contributed by atoms with E-state index in [1.54, 1.807) is 7.11 Å². The van der Waals surface area contributed by atoms with Gasteiger partial charge in [0, 0.05) is 7.11 Å². The van der Waals surface area contributed by atoms with Gasteiger partial charge in [-0.25, -0.2) is 0 Å². The zero-order chi connectivity index (χ0) is 13.0. The average Bonchev–Trinajstić information content (AvgIpc) is 2.76. The number of methoxy groups -OCH3 is 1. The number of hydrogen-bond acceptors (Lipinski definition) is 5. The van der Waals surface area contributed by atoms with E-state index in [9.17, 15) is 4.79 Å². The summed E-state index contributed by atoms with van der Waals surface area (Å²) in [6.07, 6.45) is 3.03.